The van der Waals surface area contributed by atoms with E-state index in [1.54, 1.807) is 14.0 Å². The fourth-order valence-electron chi connectivity index (χ4n) is 1.33. The number of aromatic carboxylic acids is 1. The van der Waals surface area contributed by atoms with Gasteiger partial charge < -0.3 is 20.4 Å². The monoisotopic (exact) mass is 267 g/mol. The molecule has 2 amide bonds. The van der Waals surface area contributed by atoms with Crippen molar-refractivity contribution in [1.29, 1.82) is 0 Å². The smallest absolute Gasteiger partial charge is 0.337 e. The van der Waals surface area contributed by atoms with E-state index in [-0.39, 0.29) is 11.6 Å². The minimum Gasteiger partial charge on any atom is -0.478 e. The fraction of sp³-hybridized carbons (Fsp3) is 0.417. The highest BCUT2D eigenvalue weighted by Crippen LogP contribution is 2.09. The summed E-state index contributed by atoms with van der Waals surface area (Å²) in [5.74, 6) is -1.11. The van der Waals surface area contributed by atoms with Crippen molar-refractivity contribution in [1.82, 2.24) is 9.88 Å². The van der Waals surface area contributed by atoms with Gasteiger partial charge in [-0.2, -0.15) is 0 Å². The molecule has 0 aliphatic rings. The lowest BCUT2D eigenvalue weighted by molar-refractivity contribution is 0.0696. The number of nitrogens with zero attached hydrogens (tertiary/aromatic N) is 2. The van der Waals surface area contributed by atoms with E-state index < -0.39 is 12.1 Å². The third-order valence-corrected chi connectivity index (χ3v) is 2.47. The molecule has 7 heteroatoms. The number of aromatic nitrogens is 1. The number of carboxylic acids is 1. The number of carbonyl (C=O) groups is 2. The number of nitrogens with one attached hydrogen (secondary N) is 1. The normalized spacial score (nSPS) is 11.7. The summed E-state index contributed by atoms with van der Waals surface area (Å²) in [6.07, 6.45) is 2.56. The Morgan fingerprint density at radius 3 is 2.74 bits per heavy atom. The molecule has 0 saturated carbocycles. The number of aliphatic hydroxyl groups is 1. The molecule has 3 N–H and O–H groups in total. The minimum absolute atomic E-state index is 0.00411. The zero-order valence-electron chi connectivity index (χ0n) is 10.8. The summed E-state index contributed by atoms with van der Waals surface area (Å²) >= 11 is 0. The fourth-order valence-corrected chi connectivity index (χ4v) is 1.33. The van der Waals surface area contributed by atoms with Crippen LogP contribution in [-0.4, -0.2) is 51.8 Å². The molecule has 0 aliphatic carbocycles. The van der Waals surface area contributed by atoms with Gasteiger partial charge in [-0.3, -0.25) is 4.98 Å². The van der Waals surface area contributed by atoms with Gasteiger partial charge in [-0.15, -0.1) is 0 Å². The van der Waals surface area contributed by atoms with Crippen LogP contribution in [0.1, 0.15) is 23.7 Å². The lowest BCUT2D eigenvalue weighted by atomic mass is 10.2. The van der Waals surface area contributed by atoms with Crippen LogP contribution in [0, 0.1) is 0 Å². The van der Waals surface area contributed by atoms with Gasteiger partial charge in [-0.05, 0) is 19.4 Å². The van der Waals surface area contributed by atoms with Crippen molar-refractivity contribution in [2.24, 2.45) is 0 Å². The number of hydrogen-bond donors (Lipinski definition) is 3. The summed E-state index contributed by atoms with van der Waals surface area (Å²) in [4.78, 5) is 27.7. The molecule has 1 rings (SSSR count). The summed E-state index contributed by atoms with van der Waals surface area (Å²) in [6.45, 7) is 2.04. The molecule has 0 spiro atoms. The Morgan fingerprint density at radius 2 is 2.16 bits per heavy atom. The molecule has 0 bridgehead atoms. The van der Waals surface area contributed by atoms with Crippen LogP contribution < -0.4 is 5.32 Å². The highest BCUT2D eigenvalue weighted by molar-refractivity contribution is 5.92. The van der Waals surface area contributed by atoms with Gasteiger partial charge in [0.25, 0.3) is 0 Å². The predicted molar refractivity (Wildman–Crippen MR) is 69.1 cm³/mol. The first kappa shape index (κ1) is 14.9. The molecule has 0 saturated heterocycles. The second kappa shape index (κ2) is 6.69. The second-order valence-corrected chi connectivity index (χ2v) is 4.26. The molecule has 1 aromatic rings. The molecule has 1 atom stereocenters. The van der Waals surface area contributed by atoms with E-state index in [0.29, 0.717) is 18.7 Å². The van der Waals surface area contributed by atoms with Crippen LogP contribution in [0.5, 0.6) is 0 Å². The molecule has 0 fully saturated rings. The number of hydrogen-bond acceptors (Lipinski definition) is 4. The van der Waals surface area contributed by atoms with Crippen molar-refractivity contribution in [3.05, 3.63) is 24.0 Å². The standard InChI is InChI=1S/C12H17N3O4/c1-8(16)3-4-15(2)12(19)14-10-5-9(11(17)18)6-13-7-10/h5-8,16H,3-4H2,1-2H3,(H,14,19)(H,17,18). The molecular formula is C12H17N3O4. The number of amides is 2. The molecule has 0 aliphatic heterocycles. The Bertz CT molecular complexity index is 462. The zero-order valence-corrected chi connectivity index (χ0v) is 10.8. The van der Waals surface area contributed by atoms with E-state index in [2.05, 4.69) is 10.3 Å². The topological polar surface area (TPSA) is 103 Å². The van der Waals surface area contributed by atoms with Gasteiger partial charge in [-0.1, -0.05) is 0 Å². The number of pyridine rings is 1. The van der Waals surface area contributed by atoms with E-state index >= 15 is 0 Å². The Morgan fingerprint density at radius 1 is 1.47 bits per heavy atom. The van der Waals surface area contributed by atoms with E-state index in [1.165, 1.54) is 23.4 Å². The highest BCUT2D eigenvalue weighted by atomic mass is 16.4. The number of anilines is 1. The van der Waals surface area contributed by atoms with Crippen molar-refractivity contribution >= 4 is 17.7 Å². The highest BCUT2D eigenvalue weighted by Gasteiger charge is 2.11. The van der Waals surface area contributed by atoms with E-state index in [4.69, 9.17) is 10.2 Å². The van der Waals surface area contributed by atoms with Crippen LogP contribution in [0.15, 0.2) is 18.5 Å². The quantitative estimate of drug-likeness (QED) is 0.739. The molecule has 0 radical (unpaired) electrons. The van der Waals surface area contributed by atoms with Crippen LogP contribution in [-0.2, 0) is 0 Å². The Labute approximate surface area is 110 Å². The Hall–Kier alpha value is -2.15. The maximum atomic E-state index is 11.8. The maximum Gasteiger partial charge on any atom is 0.337 e. The van der Waals surface area contributed by atoms with Crippen LogP contribution in [0.25, 0.3) is 0 Å². The van der Waals surface area contributed by atoms with Crippen LogP contribution in [0.4, 0.5) is 10.5 Å². The predicted octanol–water partition coefficient (Wildman–Crippen LogP) is 1.01. The number of carboxylic acid groups (broad SMARTS) is 1. The molecule has 1 unspecified atom stereocenters. The lowest BCUT2D eigenvalue weighted by Crippen LogP contribution is -2.33. The van der Waals surface area contributed by atoms with Crippen LogP contribution in [0.3, 0.4) is 0 Å². The number of aliphatic hydroxyl groups excluding tert-OH is 1. The summed E-state index contributed by atoms with van der Waals surface area (Å²) in [7, 11) is 1.59. The first-order chi connectivity index (χ1) is 8.90. The molecule has 19 heavy (non-hydrogen) atoms. The van der Waals surface area contributed by atoms with Crippen molar-refractivity contribution in [3.63, 3.8) is 0 Å². The second-order valence-electron chi connectivity index (χ2n) is 4.26. The average Bonchev–Trinajstić information content (AvgIpc) is 2.36. The summed E-state index contributed by atoms with van der Waals surface area (Å²) < 4.78 is 0. The third-order valence-electron chi connectivity index (χ3n) is 2.47. The van der Waals surface area contributed by atoms with Crippen molar-refractivity contribution in [2.75, 3.05) is 18.9 Å². The molecule has 7 nitrogen and oxygen atoms in total. The average molecular weight is 267 g/mol. The SMILES string of the molecule is CC(O)CCN(C)C(=O)Nc1cncc(C(=O)O)c1. The zero-order chi connectivity index (χ0) is 14.4. The number of rotatable bonds is 5. The lowest BCUT2D eigenvalue weighted by Gasteiger charge is -2.18. The molecule has 1 heterocycles. The summed E-state index contributed by atoms with van der Waals surface area (Å²) in [5, 5.41) is 20.5. The van der Waals surface area contributed by atoms with E-state index in [1.807, 2.05) is 0 Å². The van der Waals surface area contributed by atoms with Crippen LogP contribution >= 0.6 is 0 Å². The molecule has 104 valence electrons. The van der Waals surface area contributed by atoms with Gasteiger partial charge >= 0.3 is 12.0 Å². The summed E-state index contributed by atoms with van der Waals surface area (Å²) in [6, 6.07) is 0.945. The first-order valence-corrected chi connectivity index (χ1v) is 5.78. The summed E-state index contributed by atoms with van der Waals surface area (Å²) in [5.41, 5.74) is 0.318. The van der Waals surface area contributed by atoms with Crippen molar-refractivity contribution in [2.45, 2.75) is 19.4 Å². The van der Waals surface area contributed by atoms with Gasteiger partial charge in [0.05, 0.1) is 23.6 Å². The van der Waals surface area contributed by atoms with Crippen molar-refractivity contribution in [3.8, 4) is 0 Å². The van der Waals surface area contributed by atoms with Gasteiger partial charge in [0.1, 0.15) is 0 Å². The van der Waals surface area contributed by atoms with Gasteiger partial charge in [0, 0.05) is 19.8 Å². The maximum absolute atomic E-state index is 11.8. The molecule has 0 aromatic carbocycles. The first-order valence-electron chi connectivity index (χ1n) is 5.78. The number of carbonyl (C=O) groups excluding carboxylic acids is 1. The Balaban J connectivity index is 2.61. The van der Waals surface area contributed by atoms with E-state index in [9.17, 15) is 9.59 Å². The van der Waals surface area contributed by atoms with Crippen molar-refractivity contribution < 1.29 is 19.8 Å². The molecular weight excluding hydrogens is 250 g/mol. The number of urea groups is 1. The molecule has 1 aromatic heterocycles. The van der Waals surface area contributed by atoms with Gasteiger partial charge in [-0.25, -0.2) is 9.59 Å². The Kier molecular flexibility index (Phi) is 5.25. The largest absolute Gasteiger partial charge is 0.478 e. The van der Waals surface area contributed by atoms with Gasteiger partial charge in [0.2, 0.25) is 0 Å². The third kappa shape index (κ3) is 4.92. The minimum atomic E-state index is -1.11. The van der Waals surface area contributed by atoms with E-state index in [0.717, 1.165) is 0 Å². The van der Waals surface area contributed by atoms with Gasteiger partial charge in [0.15, 0.2) is 0 Å². The van der Waals surface area contributed by atoms with Crippen LogP contribution in [0.2, 0.25) is 0 Å².